The van der Waals surface area contributed by atoms with E-state index in [2.05, 4.69) is 47.8 Å². The molecule has 0 heterocycles. The van der Waals surface area contributed by atoms with Crippen molar-refractivity contribution in [3.8, 4) is 28.7 Å². The van der Waals surface area contributed by atoms with Gasteiger partial charge in [-0.2, -0.15) is 0 Å². The van der Waals surface area contributed by atoms with E-state index < -0.39 is 17.9 Å². The quantitative estimate of drug-likeness (QED) is 0.151. The van der Waals surface area contributed by atoms with Crippen molar-refractivity contribution in [1.82, 2.24) is 0 Å². The first kappa shape index (κ1) is 23.9. The summed E-state index contributed by atoms with van der Waals surface area (Å²) in [5.74, 6) is 3.84. The average molecular weight is 467 g/mol. The van der Waals surface area contributed by atoms with Gasteiger partial charge in [0.1, 0.15) is 0 Å². The van der Waals surface area contributed by atoms with Gasteiger partial charge in [0.05, 0.1) is 0 Å². The third kappa shape index (κ3) is 5.99. The number of ether oxygens (including phenoxy) is 1. The number of alkyl halides is 3. The zero-order chi connectivity index (χ0) is 24.1. The van der Waals surface area contributed by atoms with Crippen LogP contribution in [0.2, 0.25) is 0 Å². The van der Waals surface area contributed by atoms with E-state index in [4.69, 9.17) is 0 Å². The molecule has 0 N–H and O–H groups in total. The number of rotatable bonds is 7. The molecule has 34 heavy (non-hydrogen) atoms. The number of unbranched alkanes of at least 4 members (excludes halogenated alkanes) is 4. The molecule has 0 radical (unpaired) electrons. The molecule has 0 amide bonds. The van der Waals surface area contributed by atoms with Crippen molar-refractivity contribution in [2.24, 2.45) is 0 Å². The van der Waals surface area contributed by atoms with Gasteiger partial charge in [-0.15, -0.1) is 13.2 Å². The molecular weight excluding hydrogens is 440 g/mol. The fourth-order valence-corrected chi connectivity index (χ4v) is 4.36. The van der Waals surface area contributed by atoms with E-state index in [9.17, 15) is 17.6 Å². The summed E-state index contributed by atoms with van der Waals surface area (Å²) in [7, 11) is 0. The highest BCUT2D eigenvalue weighted by atomic mass is 19.4. The zero-order valence-electron chi connectivity index (χ0n) is 19.1. The standard InChI is InChI=1S/C29H26F4O/c1-2-3-4-5-6-7-20-10-13-25-23(16-20)19-24-17-21(11-14-26(24)25)8-9-22-12-15-28(27(30)18-22)34-29(31,32)33/h10-18H,2-7,19H2,1H3. The molecule has 0 saturated heterocycles. The largest absolute Gasteiger partial charge is 0.573 e. The molecule has 0 saturated carbocycles. The summed E-state index contributed by atoms with van der Waals surface area (Å²) in [6.07, 6.45) is 3.36. The van der Waals surface area contributed by atoms with Crippen LogP contribution in [0.1, 0.15) is 66.8 Å². The molecule has 0 aromatic heterocycles. The number of hydrogen-bond donors (Lipinski definition) is 0. The molecule has 3 aromatic rings. The molecule has 4 rings (SSSR count). The molecule has 1 aliphatic carbocycles. The van der Waals surface area contributed by atoms with Crippen molar-refractivity contribution in [3.63, 3.8) is 0 Å². The van der Waals surface area contributed by atoms with Crippen molar-refractivity contribution in [2.75, 3.05) is 0 Å². The topological polar surface area (TPSA) is 9.23 Å². The molecule has 5 heteroatoms. The van der Waals surface area contributed by atoms with Crippen molar-refractivity contribution >= 4 is 0 Å². The van der Waals surface area contributed by atoms with Crippen LogP contribution in [-0.4, -0.2) is 6.36 Å². The highest BCUT2D eigenvalue weighted by Gasteiger charge is 2.32. The van der Waals surface area contributed by atoms with Gasteiger partial charge in [0.2, 0.25) is 0 Å². The Balaban J connectivity index is 1.44. The lowest BCUT2D eigenvalue weighted by Crippen LogP contribution is -2.17. The van der Waals surface area contributed by atoms with Gasteiger partial charge in [-0.05, 0) is 77.4 Å². The van der Waals surface area contributed by atoms with Crippen LogP contribution in [0.15, 0.2) is 54.6 Å². The second-order valence-electron chi connectivity index (χ2n) is 8.65. The Bertz CT molecular complexity index is 1230. The van der Waals surface area contributed by atoms with Crippen LogP contribution in [0.4, 0.5) is 17.6 Å². The molecule has 1 aliphatic rings. The van der Waals surface area contributed by atoms with Gasteiger partial charge >= 0.3 is 6.36 Å². The van der Waals surface area contributed by atoms with Crippen molar-refractivity contribution in [3.05, 3.63) is 88.2 Å². The lowest BCUT2D eigenvalue weighted by Gasteiger charge is -2.09. The van der Waals surface area contributed by atoms with Crippen molar-refractivity contribution < 1.29 is 22.3 Å². The Morgan fingerprint density at radius 1 is 0.794 bits per heavy atom. The molecule has 0 bridgehead atoms. The van der Waals surface area contributed by atoms with Crippen molar-refractivity contribution in [2.45, 2.75) is 58.2 Å². The van der Waals surface area contributed by atoms with Gasteiger partial charge in [-0.25, -0.2) is 4.39 Å². The second kappa shape index (κ2) is 10.3. The third-order valence-electron chi connectivity index (χ3n) is 6.02. The van der Waals surface area contributed by atoms with E-state index in [0.29, 0.717) is 0 Å². The second-order valence-corrected chi connectivity index (χ2v) is 8.65. The summed E-state index contributed by atoms with van der Waals surface area (Å²) >= 11 is 0. The van der Waals surface area contributed by atoms with E-state index in [0.717, 1.165) is 30.5 Å². The van der Waals surface area contributed by atoms with E-state index in [1.807, 2.05) is 12.1 Å². The van der Waals surface area contributed by atoms with Crippen LogP contribution >= 0.6 is 0 Å². The normalized spacial score (nSPS) is 12.0. The van der Waals surface area contributed by atoms with Gasteiger partial charge in [0.25, 0.3) is 0 Å². The number of hydrogen-bond acceptors (Lipinski definition) is 1. The molecular formula is C29H26F4O. The average Bonchev–Trinajstić information content (AvgIpc) is 3.15. The van der Waals surface area contributed by atoms with Gasteiger partial charge < -0.3 is 4.74 Å². The molecule has 0 unspecified atom stereocenters. The van der Waals surface area contributed by atoms with Crippen LogP contribution in [0.25, 0.3) is 11.1 Å². The lowest BCUT2D eigenvalue weighted by atomic mass is 9.99. The molecule has 0 spiro atoms. The summed E-state index contributed by atoms with van der Waals surface area (Å²) in [5.41, 5.74) is 7.41. The maximum absolute atomic E-state index is 13.9. The summed E-state index contributed by atoms with van der Waals surface area (Å²) in [4.78, 5) is 0. The highest BCUT2D eigenvalue weighted by Crippen LogP contribution is 2.37. The smallest absolute Gasteiger partial charge is 0.403 e. The number of halogens is 4. The van der Waals surface area contributed by atoms with Crippen LogP contribution < -0.4 is 4.74 Å². The molecule has 3 aromatic carbocycles. The van der Waals surface area contributed by atoms with Gasteiger partial charge in [0.15, 0.2) is 11.6 Å². The van der Waals surface area contributed by atoms with E-state index in [1.165, 1.54) is 66.0 Å². The Morgan fingerprint density at radius 2 is 1.44 bits per heavy atom. The first-order valence-corrected chi connectivity index (χ1v) is 11.6. The predicted octanol–water partition coefficient (Wildman–Crippen LogP) is 8.21. The maximum atomic E-state index is 13.9. The third-order valence-corrected chi connectivity index (χ3v) is 6.02. The summed E-state index contributed by atoms with van der Waals surface area (Å²) in [5, 5.41) is 0. The molecule has 176 valence electrons. The Kier molecular flexibility index (Phi) is 7.26. The minimum Gasteiger partial charge on any atom is -0.403 e. The van der Waals surface area contributed by atoms with Gasteiger partial charge in [0, 0.05) is 11.1 Å². The van der Waals surface area contributed by atoms with Gasteiger partial charge in [-0.1, -0.05) is 68.7 Å². The number of aryl methyl sites for hydroxylation is 1. The SMILES string of the molecule is CCCCCCCc1ccc2c(c1)Cc1cc(C#Cc3ccc(OC(F)(F)F)c(F)c3)ccc1-2. The fourth-order valence-electron chi connectivity index (χ4n) is 4.36. The molecule has 0 atom stereocenters. The zero-order valence-corrected chi connectivity index (χ0v) is 19.1. The molecule has 0 fully saturated rings. The van der Waals surface area contributed by atoms with Crippen LogP contribution in [0.3, 0.4) is 0 Å². The number of fused-ring (bicyclic) bond motifs is 3. The summed E-state index contributed by atoms with van der Waals surface area (Å²) < 4.78 is 54.5. The summed E-state index contributed by atoms with van der Waals surface area (Å²) in [6, 6.07) is 15.9. The van der Waals surface area contributed by atoms with Crippen LogP contribution in [-0.2, 0) is 12.8 Å². The lowest BCUT2D eigenvalue weighted by molar-refractivity contribution is -0.275. The van der Waals surface area contributed by atoms with Crippen LogP contribution in [0.5, 0.6) is 5.75 Å². The summed E-state index contributed by atoms with van der Waals surface area (Å²) in [6.45, 7) is 2.23. The Hall–Kier alpha value is -3.26. The number of benzene rings is 3. The molecule has 1 nitrogen and oxygen atoms in total. The maximum Gasteiger partial charge on any atom is 0.573 e. The minimum atomic E-state index is -4.94. The predicted molar refractivity (Wildman–Crippen MR) is 126 cm³/mol. The molecule has 0 aliphatic heterocycles. The Labute approximate surface area is 197 Å². The monoisotopic (exact) mass is 466 g/mol. The highest BCUT2D eigenvalue weighted by molar-refractivity contribution is 5.77. The first-order chi connectivity index (χ1) is 16.3. The Morgan fingerprint density at radius 3 is 2.15 bits per heavy atom. The fraction of sp³-hybridized carbons (Fsp3) is 0.310. The van der Waals surface area contributed by atoms with Crippen LogP contribution in [0, 0.1) is 17.7 Å². The van der Waals surface area contributed by atoms with Gasteiger partial charge in [-0.3, -0.25) is 0 Å². The minimum absolute atomic E-state index is 0.277. The van der Waals surface area contributed by atoms with E-state index in [-0.39, 0.29) is 5.56 Å². The van der Waals surface area contributed by atoms with E-state index >= 15 is 0 Å². The first-order valence-electron chi connectivity index (χ1n) is 11.6. The van der Waals surface area contributed by atoms with Crippen molar-refractivity contribution in [1.29, 1.82) is 0 Å². The van der Waals surface area contributed by atoms with E-state index in [1.54, 1.807) is 0 Å².